The Balaban J connectivity index is 0.876. The van der Waals surface area contributed by atoms with E-state index in [0.717, 1.165) is 101 Å². The average Bonchev–Trinajstić information content (AvgIpc) is 4.00. The lowest BCUT2D eigenvalue weighted by Gasteiger charge is -2.13. The average molecular weight is 945 g/mol. The van der Waals surface area contributed by atoms with Crippen LogP contribution in [0.5, 0.6) is 0 Å². The lowest BCUT2D eigenvalue weighted by Crippen LogP contribution is -1.98. The third-order valence-electron chi connectivity index (χ3n) is 14.1. The number of para-hydroxylation sites is 2. The van der Waals surface area contributed by atoms with Crippen molar-refractivity contribution in [3.63, 3.8) is 0 Å². The summed E-state index contributed by atoms with van der Waals surface area (Å²) in [6.07, 6.45) is 0. The Morgan fingerprint density at radius 1 is 0.203 bits per heavy atom. The number of hydrogen-bond donors (Lipinski definition) is 0. The van der Waals surface area contributed by atoms with Gasteiger partial charge in [-0.1, -0.05) is 200 Å². The molecule has 14 aromatic rings. The number of hydrogen-bond acceptors (Lipinski definition) is 4. The molecule has 0 atom stereocenters. The molecule has 0 saturated heterocycles. The van der Waals surface area contributed by atoms with E-state index in [0.29, 0.717) is 11.6 Å². The minimum Gasteiger partial charge on any atom is -0.309 e. The van der Waals surface area contributed by atoms with Crippen molar-refractivity contribution >= 4 is 43.6 Å². The van der Waals surface area contributed by atoms with Gasteiger partial charge in [-0.25, -0.2) is 19.9 Å². The van der Waals surface area contributed by atoms with Gasteiger partial charge in [0.25, 0.3) is 0 Å². The molecule has 0 amide bonds. The molecule has 4 heterocycles. The monoisotopic (exact) mass is 944 g/mol. The van der Waals surface area contributed by atoms with Crippen LogP contribution in [0.25, 0.3) is 134 Å². The fourth-order valence-corrected chi connectivity index (χ4v) is 10.6. The van der Waals surface area contributed by atoms with E-state index in [1.165, 1.54) is 21.5 Å². The second kappa shape index (κ2) is 18.0. The van der Waals surface area contributed by atoms with Gasteiger partial charge in [0.15, 0.2) is 11.6 Å². The molecule has 0 aliphatic heterocycles. The Morgan fingerprint density at radius 3 is 1.03 bits per heavy atom. The van der Waals surface area contributed by atoms with Crippen molar-refractivity contribution in [3.8, 4) is 90.3 Å². The lowest BCUT2D eigenvalue weighted by atomic mass is 10.0. The van der Waals surface area contributed by atoms with Gasteiger partial charge in [-0.3, -0.25) is 0 Å². The van der Waals surface area contributed by atoms with Gasteiger partial charge in [0, 0.05) is 66.3 Å². The third-order valence-corrected chi connectivity index (χ3v) is 14.1. The van der Waals surface area contributed by atoms with E-state index in [-0.39, 0.29) is 0 Å². The molecule has 10 aromatic carbocycles. The van der Waals surface area contributed by atoms with Gasteiger partial charge in [0.2, 0.25) is 0 Å². The quantitative estimate of drug-likeness (QED) is 0.145. The second-order valence-electron chi connectivity index (χ2n) is 18.7. The Kier molecular flexibility index (Phi) is 10.4. The van der Waals surface area contributed by atoms with Gasteiger partial charge in [-0.05, 0) is 77.9 Å². The first-order valence-electron chi connectivity index (χ1n) is 25.0. The molecular weight excluding hydrogens is 901 g/mol. The standard InChI is InChI=1S/C68H44N6/c1-5-19-45(20-6-1)59-43-60(46-21-7-2-8-22-46)70-67(69-59)51-27-17-29-53(39-51)73-64-34-16-14-32-56(64)58-41-49(36-38-65(58)73)50-35-37-57-55-31-13-15-33-63(55)74(66(57)42-50)54-30-18-28-52(40-54)68-71-61(47-23-9-3-10-24-47)44-62(72-68)48-25-11-4-12-26-48/h1-44H. The maximum atomic E-state index is 5.19. The Bertz CT molecular complexity index is 4290. The molecule has 0 aliphatic rings. The summed E-state index contributed by atoms with van der Waals surface area (Å²) < 4.78 is 4.75. The van der Waals surface area contributed by atoms with E-state index >= 15 is 0 Å². The normalized spacial score (nSPS) is 11.5. The molecule has 14 rings (SSSR count). The first-order chi connectivity index (χ1) is 36.7. The summed E-state index contributed by atoms with van der Waals surface area (Å²) in [5.74, 6) is 1.35. The van der Waals surface area contributed by atoms with E-state index in [9.17, 15) is 0 Å². The van der Waals surface area contributed by atoms with Crippen LogP contribution in [0.3, 0.4) is 0 Å². The summed E-state index contributed by atoms with van der Waals surface area (Å²) in [6.45, 7) is 0. The van der Waals surface area contributed by atoms with Crippen LogP contribution in [0.2, 0.25) is 0 Å². The molecule has 346 valence electrons. The molecule has 0 unspecified atom stereocenters. The van der Waals surface area contributed by atoms with E-state index in [2.05, 4.69) is 252 Å². The van der Waals surface area contributed by atoms with E-state index in [1.807, 2.05) is 24.3 Å². The molecule has 0 radical (unpaired) electrons. The summed E-state index contributed by atoms with van der Waals surface area (Å²) in [5, 5.41) is 4.75. The zero-order valence-corrected chi connectivity index (χ0v) is 40.1. The molecule has 6 heteroatoms. The van der Waals surface area contributed by atoms with Gasteiger partial charge in [-0.15, -0.1) is 0 Å². The van der Waals surface area contributed by atoms with Gasteiger partial charge >= 0.3 is 0 Å². The van der Waals surface area contributed by atoms with Gasteiger partial charge in [-0.2, -0.15) is 0 Å². The van der Waals surface area contributed by atoms with Crippen molar-refractivity contribution in [2.45, 2.75) is 0 Å². The number of fused-ring (bicyclic) bond motifs is 6. The van der Waals surface area contributed by atoms with E-state index in [4.69, 9.17) is 19.9 Å². The fraction of sp³-hybridized carbons (Fsp3) is 0. The van der Waals surface area contributed by atoms with Crippen LogP contribution in [0.4, 0.5) is 0 Å². The molecule has 0 aliphatic carbocycles. The fourth-order valence-electron chi connectivity index (χ4n) is 10.6. The predicted molar refractivity (Wildman–Crippen MR) is 304 cm³/mol. The zero-order chi connectivity index (χ0) is 49.0. The van der Waals surface area contributed by atoms with Gasteiger partial charge in [0.05, 0.1) is 44.8 Å². The van der Waals surface area contributed by atoms with Crippen LogP contribution >= 0.6 is 0 Å². The number of aromatic nitrogens is 6. The zero-order valence-electron chi connectivity index (χ0n) is 40.1. The van der Waals surface area contributed by atoms with Crippen LogP contribution in [0.15, 0.2) is 267 Å². The highest BCUT2D eigenvalue weighted by Gasteiger charge is 2.19. The first-order valence-corrected chi connectivity index (χ1v) is 25.0. The third kappa shape index (κ3) is 7.61. The van der Waals surface area contributed by atoms with Crippen molar-refractivity contribution in [2.75, 3.05) is 0 Å². The van der Waals surface area contributed by atoms with E-state index < -0.39 is 0 Å². The van der Waals surface area contributed by atoms with Crippen molar-refractivity contribution in [3.05, 3.63) is 267 Å². The summed E-state index contributed by atoms with van der Waals surface area (Å²) in [7, 11) is 0. The highest BCUT2D eigenvalue weighted by Crippen LogP contribution is 2.40. The minimum absolute atomic E-state index is 0.676. The predicted octanol–water partition coefficient (Wildman–Crippen LogP) is 17.1. The summed E-state index contributed by atoms with van der Waals surface area (Å²) in [5.41, 5.74) is 18.5. The summed E-state index contributed by atoms with van der Waals surface area (Å²) in [6, 6.07) is 94.0. The molecule has 0 N–H and O–H groups in total. The minimum atomic E-state index is 0.676. The molecule has 6 nitrogen and oxygen atoms in total. The first kappa shape index (κ1) is 42.8. The van der Waals surface area contributed by atoms with Crippen molar-refractivity contribution in [1.29, 1.82) is 0 Å². The topological polar surface area (TPSA) is 61.4 Å². The Labute approximate surface area is 427 Å². The van der Waals surface area contributed by atoms with Gasteiger partial charge < -0.3 is 9.13 Å². The van der Waals surface area contributed by atoms with Gasteiger partial charge in [0.1, 0.15) is 0 Å². The summed E-state index contributed by atoms with van der Waals surface area (Å²) >= 11 is 0. The maximum Gasteiger partial charge on any atom is 0.160 e. The van der Waals surface area contributed by atoms with Crippen LogP contribution in [0.1, 0.15) is 0 Å². The molecule has 0 bridgehead atoms. The Hall–Kier alpha value is -10.0. The van der Waals surface area contributed by atoms with Crippen LogP contribution < -0.4 is 0 Å². The smallest absolute Gasteiger partial charge is 0.160 e. The maximum absolute atomic E-state index is 5.19. The van der Waals surface area contributed by atoms with Crippen LogP contribution in [-0.4, -0.2) is 29.1 Å². The van der Waals surface area contributed by atoms with Crippen molar-refractivity contribution in [2.24, 2.45) is 0 Å². The van der Waals surface area contributed by atoms with Crippen LogP contribution in [0, 0.1) is 0 Å². The largest absolute Gasteiger partial charge is 0.309 e. The van der Waals surface area contributed by atoms with Crippen molar-refractivity contribution < 1.29 is 0 Å². The molecule has 4 aromatic heterocycles. The van der Waals surface area contributed by atoms with Crippen LogP contribution in [-0.2, 0) is 0 Å². The molecular formula is C68H44N6. The number of rotatable bonds is 9. The lowest BCUT2D eigenvalue weighted by molar-refractivity contribution is 1.16. The number of nitrogens with zero attached hydrogens (tertiary/aromatic N) is 6. The highest BCUT2D eigenvalue weighted by atomic mass is 15.0. The van der Waals surface area contributed by atoms with Crippen molar-refractivity contribution in [1.82, 2.24) is 29.1 Å². The molecule has 0 fully saturated rings. The summed E-state index contributed by atoms with van der Waals surface area (Å²) in [4.78, 5) is 20.7. The molecule has 0 spiro atoms. The molecule has 0 saturated carbocycles. The Morgan fingerprint density at radius 2 is 0.554 bits per heavy atom. The number of benzene rings is 10. The second-order valence-corrected chi connectivity index (χ2v) is 18.7. The highest BCUT2D eigenvalue weighted by molar-refractivity contribution is 6.12. The molecule has 74 heavy (non-hydrogen) atoms. The SMILES string of the molecule is c1ccc(-c2cc(-c3ccccc3)nc(-c3cccc(-n4c5ccccc5c5cc(-c6ccc7c8ccccc8n(-c8cccc(-c9nc(-c%10ccccc%10)cc(-c%10ccccc%10)n9)c8)c7c6)ccc54)c3)n2)cc1. The van der Waals surface area contributed by atoms with E-state index in [1.54, 1.807) is 0 Å².